The van der Waals surface area contributed by atoms with Crippen molar-refractivity contribution in [3.8, 4) is 11.8 Å². The maximum absolute atomic E-state index is 12.3. The molecule has 0 amide bonds. The first-order valence-corrected chi connectivity index (χ1v) is 6.16. The van der Waals surface area contributed by atoms with Gasteiger partial charge in [0.15, 0.2) is 5.78 Å². The van der Waals surface area contributed by atoms with Crippen molar-refractivity contribution in [2.75, 3.05) is 0 Å². The number of hydrogen-bond acceptors (Lipinski definition) is 3. The van der Waals surface area contributed by atoms with E-state index in [9.17, 15) is 4.79 Å². The van der Waals surface area contributed by atoms with Gasteiger partial charge in [-0.1, -0.05) is 19.1 Å². The molecule has 0 bridgehead atoms. The van der Waals surface area contributed by atoms with E-state index in [1.807, 2.05) is 32.0 Å². The van der Waals surface area contributed by atoms with Gasteiger partial charge in [-0.25, -0.2) is 0 Å². The Morgan fingerprint density at radius 2 is 2.28 bits per heavy atom. The van der Waals surface area contributed by atoms with Gasteiger partial charge < -0.3 is 4.74 Å². The lowest BCUT2D eigenvalue weighted by Gasteiger charge is -2.18. The minimum atomic E-state index is -0.284. The van der Waals surface area contributed by atoms with Crippen LogP contribution in [0.1, 0.15) is 43.1 Å². The van der Waals surface area contributed by atoms with E-state index < -0.39 is 0 Å². The third kappa shape index (κ3) is 2.24. The molecule has 0 fully saturated rings. The smallest absolute Gasteiger partial charge is 0.170 e. The Labute approximate surface area is 107 Å². The van der Waals surface area contributed by atoms with Crippen LogP contribution in [0.15, 0.2) is 18.2 Å². The van der Waals surface area contributed by atoms with E-state index in [4.69, 9.17) is 10.00 Å². The lowest BCUT2D eigenvalue weighted by Crippen LogP contribution is -2.25. The molecular weight excluding hydrogens is 226 g/mol. The van der Waals surface area contributed by atoms with Gasteiger partial charge in [-0.2, -0.15) is 5.26 Å². The summed E-state index contributed by atoms with van der Waals surface area (Å²) in [7, 11) is 0. The molecule has 1 aliphatic rings. The van der Waals surface area contributed by atoms with Gasteiger partial charge >= 0.3 is 0 Å². The molecule has 1 aromatic carbocycles. The first-order valence-electron chi connectivity index (χ1n) is 6.16. The molecular formula is C15H17NO2. The Kier molecular flexibility index (Phi) is 3.13. The van der Waals surface area contributed by atoms with Crippen molar-refractivity contribution in [2.45, 2.75) is 39.2 Å². The number of carbonyl (C=O) groups is 1. The van der Waals surface area contributed by atoms with Crippen molar-refractivity contribution in [3.05, 3.63) is 29.3 Å². The lowest BCUT2D eigenvalue weighted by molar-refractivity contribution is 0.0918. The molecule has 1 heterocycles. The number of ketones is 1. The predicted octanol–water partition coefficient (Wildman–Crippen LogP) is 3.13. The second-order valence-electron chi connectivity index (χ2n) is 5.46. The molecule has 18 heavy (non-hydrogen) atoms. The summed E-state index contributed by atoms with van der Waals surface area (Å²) in [5, 5.41) is 8.68. The van der Waals surface area contributed by atoms with Crippen LogP contribution in [0.3, 0.4) is 0 Å². The summed E-state index contributed by atoms with van der Waals surface area (Å²) in [6.45, 7) is 5.81. The molecule has 94 valence electrons. The average Bonchev–Trinajstić information content (AvgIpc) is 2.61. The predicted molar refractivity (Wildman–Crippen MR) is 68.6 cm³/mol. The van der Waals surface area contributed by atoms with Crippen LogP contribution in [0.25, 0.3) is 0 Å². The van der Waals surface area contributed by atoms with E-state index in [2.05, 4.69) is 0 Å². The number of carbonyl (C=O) groups excluding carboxylic acids is 1. The third-order valence-corrected chi connectivity index (χ3v) is 3.20. The number of Topliss-reactive ketones (excluding diaryl/α,β-unsaturated/α-hetero) is 1. The summed E-state index contributed by atoms with van der Waals surface area (Å²) in [4.78, 5) is 12.3. The third-order valence-electron chi connectivity index (χ3n) is 3.20. The second kappa shape index (κ2) is 4.45. The number of ether oxygens (including phenoxy) is 1. The number of benzene rings is 1. The molecule has 0 saturated heterocycles. The van der Waals surface area contributed by atoms with Crippen molar-refractivity contribution in [1.82, 2.24) is 0 Å². The van der Waals surface area contributed by atoms with E-state index in [0.29, 0.717) is 11.3 Å². The van der Waals surface area contributed by atoms with Crippen LogP contribution in [0, 0.1) is 17.2 Å². The fourth-order valence-electron chi connectivity index (χ4n) is 2.30. The van der Waals surface area contributed by atoms with Crippen LogP contribution in [0.2, 0.25) is 0 Å². The normalized spacial score (nSPS) is 17.4. The van der Waals surface area contributed by atoms with Crippen molar-refractivity contribution < 1.29 is 9.53 Å². The van der Waals surface area contributed by atoms with Crippen LogP contribution < -0.4 is 4.74 Å². The van der Waals surface area contributed by atoms with E-state index >= 15 is 0 Å². The van der Waals surface area contributed by atoms with Crippen molar-refractivity contribution in [2.24, 2.45) is 5.92 Å². The van der Waals surface area contributed by atoms with Crippen LogP contribution in [0.5, 0.6) is 5.75 Å². The Bertz CT molecular complexity index is 526. The van der Waals surface area contributed by atoms with E-state index in [1.165, 1.54) is 0 Å². The Morgan fingerprint density at radius 1 is 1.56 bits per heavy atom. The topological polar surface area (TPSA) is 50.1 Å². The zero-order chi connectivity index (χ0) is 13.3. The minimum absolute atomic E-state index is 0.00824. The zero-order valence-corrected chi connectivity index (χ0v) is 11.0. The SMILES string of the molecule is CC(CC#N)C(=O)c1cccc2c1OC(C)(C)C2. The number of fused-ring (bicyclic) bond motifs is 1. The number of nitrogens with zero attached hydrogens (tertiary/aromatic N) is 1. The molecule has 0 spiro atoms. The highest BCUT2D eigenvalue weighted by Crippen LogP contribution is 2.38. The zero-order valence-electron chi connectivity index (χ0n) is 11.0. The first-order chi connectivity index (χ1) is 8.44. The first kappa shape index (κ1) is 12.6. The largest absolute Gasteiger partial charge is 0.486 e. The average molecular weight is 243 g/mol. The molecule has 0 aliphatic carbocycles. The summed E-state index contributed by atoms with van der Waals surface area (Å²) in [6, 6.07) is 7.71. The highest BCUT2D eigenvalue weighted by atomic mass is 16.5. The fourth-order valence-corrected chi connectivity index (χ4v) is 2.30. The van der Waals surface area contributed by atoms with Crippen molar-refractivity contribution >= 4 is 5.78 Å². The molecule has 3 heteroatoms. The summed E-state index contributed by atoms with van der Waals surface area (Å²) in [6.07, 6.45) is 1.06. The monoisotopic (exact) mass is 243 g/mol. The van der Waals surface area contributed by atoms with Crippen molar-refractivity contribution in [1.29, 1.82) is 5.26 Å². The van der Waals surface area contributed by atoms with Gasteiger partial charge in [-0.3, -0.25) is 4.79 Å². The van der Waals surface area contributed by atoms with Crippen LogP contribution in [-0.2, 0) is 6.42 Å². The Hall–Kier alpha value is -1.82. The Balaban J connectivity index is 2.35. The Morgan fingerprint density at radius 3 is 2.94 bits per heavy atom. The van der Waals surface area contributed by atoms with Gasteiger partial charge in [-0.15, -0.1) is 0 Å². The van der Waals surface area contributed by atoms with Crippen LogP contribution in [-0.4, -0.2) is 11.4 Å². The van der Waals surface area contributed by atoms with E-state index in [1.54, 1.807) is 13.0 Å². The summed E-state index contributed by atoms with van der Waals surface area (Å²) in [5.74, 6) is 0.414. The van der Waals surface area contributed by atoms with Gasteiger partial charge in [0.1, 0.15) is 11.4 Å². The van der Waals surface area contributed by atoms with Gasteiger partial charge in [0, 0.05) is 18.8 Å². The lowest BCUT2D eigenvalue weighted by atomic mass is 9.94. The standard InChI is InChI=1S/C15H17NO2/c1-10(7-8-16)13(17)12-6-4-5-11-9-15(2,3)18-14(11)12/h4-6,10H,7,9H2,1-3H3. The molecule has 1 atom stereocenters. The maximum Gasteiger partial charge on any atom is 0.170 e. The molecule has 0 radical (unpaired) electrons. The fraction of sp³-hybridized carbons (Fsp3) is 0.467. The highest BCUT2D eigenvalue weighted by Gasteiger charge is 2.33. The maximum atomic E-state index is 12.3. The minimum Gasteiger partial charge on any atom is -0.486 e. The summed E-state index contributed by atoms with van der Waals surface area (Å²) >= 11 is 0. The molecule has 1 unspecified atom stereocenters. The van der Waals surface area contributed by atoms with Gasteiger partial charge in [-0.05, 0) is 25.5 Å². The van der Waals surface area contributed by atoms with Crippen LogP contribution in [0.4, 0.5) is 0 Å². The van der Waals surface area contributed by atoms with E-state index in [0.717, 1.165) is 12.0 Å². The van der Waals surface area contributed by atoms with Gasteiger partial charge in [0.05, 0.1) is 11.6 Å². The highest BCUT2D eigenvalue weighted by molar-refractivity contribution is 6.00. The quantitative estimate of drug-likeness (QED) is 0.766. The number of hydrogen-bond donors (Lipinski definition) is 0. The number of nitriles is 1. The molecule has 0 aromatic heterocycles. The van der Waals surface area contributed by atoms with E-state index in [-0.39, 0.29) is 23.7 Å². The molecule has 0 N–H and O–H groups in total. The molecule has 2 rings (SSSR count). The van der Waals surface area contributed by atoms with Crippen LogP contribution >= 0.6 is 0 Å². The summed E-state index contributed by atoms with van der Waals surface area (Å²) < 4.78 is 5.87. The number of rotatable bonds is 3. The van der Waals surface area contributed by atoms with Crippen molar-refractivity contribution in [3.63, 3.8) is 0 Å². The summed E-state index contributed by atoms with van der Waals surface area (Å²) in [5.41, 5.74) is 1.44. The second-order valence-corrected chi connectivity index (χ2v) is 5.46. The van der Waals surface area contributed by atoms with Gasteiger partial charge in [0.25, 0.3) is 0 Å². The molecule has 1 aromatic rings. The van der Waals surface area contributed by atoms with Gasteiger partial charge in [0.2, 0.25) is 0 Å². The number of para-hydroxylation sites is 1. The molecule has 3 nitrogen and oxygen atoms in total. The molecule has 1 aliphatic heterocycles. The molecule has 0 saturated carbocycles.